The Morgan fingerprint density at radius 1 is 0.190 bits per heavy atom. The molecule has 0 fully saturated rings. The van der Waals surface area contributed by atoms with E-state index < -0.39 is 0 Å². The van der Waals surface area contributed by atoms with Crippen LogP contribution in [-0.4, -0.2) is 0 Å². The van der Waals surface area contributed by atoms with Crippen molar-refractivity contribution in [1.29, 1.82) is 0 Å². The normalized spacial score (nSPS) is 12.1. The Balaban J connectivity index is 1.18. The molecule has 13 aromatic rings. The summed E-state index contributed by atoms with van der Waals surface area (Å²) in [6.45, 7) is 0. The van der Waals surface area contributed by atoms with Crippen LogP contribution >= 0.6 is 0 Å². The van der Waals surface area contributed by atoms with Crippen LogP contribution in [0.5, 0.6) is 0 Å². The van der Waals surface area contributed by atoms with E-state index in [2.05, 4.69) is 206 Å². The molecule has 58 heavy (non-hydrogen) atoms. The minimum atomic E-state index is 1.22. The summed E-state index contributed by atoms with van der Waals surface area (Å²) in [5, 5.41) is 20.6. The average molecular weight is 731 g/mol. The van der Waals surface area contributed by atoms with E-state index in [0.29, 0.717) is 0 Å². The molecule has 13 rings (SSSR count). The molecule has 0 saturated carbocycles. The minimum Gasteiger partial charge on any atom is -0.0622 e. The first-order valence-electron chi connectivity index (χ1n) is 20.2. The lowest BCUT2D eigenvalue weighted by Crippen LogP contribution is -1.95. The summed E-state index contributed by atoms with van der Waals surface area (Å²) < 4.78 is 0. The zero-order valence-electron chi connectivity index (χ0n) is 31.6. The summed E-state index contributed by atoms with van der Waals surface area (Å²) in [4.78, 5) is 0. The predicted octanol–water partition coefficient (Wildman–Crippen LogP) is 16.5. The molecule has 0 aromatic heterocycles. The van der Waals surface area contributed by atoms with Gasteiger partial charge in [-0.15, -0.1) is 0 Å². The zero-order chi connectivity index (χ0) is 37.9. The van der Waals surface area contributed by atoms with Gasteiger partial charge < -0.3 is 0 Å². The van der Waals surface area contributed by atoms with Crippen molar-refractivity contribution in [1.82, 2.24) is 0 Å². The molecule has 0 amide bonds. The highest BCUT2D eigenvalue weighted by molar-refractivity contribution is 6.28. The topological polar surface area (TPSA) is 0 Å². The number of rotatable bonds is 4. The van der Waals surface area contributed by atoms with Crippen molar-refractivity contribution in [2.75, 3.05) is 0 Å². The Labute approximate surface area is 335 Å². The maximum Gasteiger partial charge on any atom is -0.00206 e. The first kappa shape index (κ1) is 31.6. The van der Waals surface area contributed by atoms with Crippen LogP contribution in [0.15, 0.2) is 206 Å². The molecular formula is C58H34. The lowest BCUT2D eigenvalue weighted by Gasteiger charge is -2.22. The van der Waals surface area contributed by atoms with Crippen molar-refractivity contribution in [2.45, 2.75) is 0 Å². The van der Waals surface area contributed by atoms with Crippen LogP contribution in [0.1, 0.15) is 0 Å². The molecular weight excluding hydrogens is 697 g/mol. The zero-order valence-corrected chi connectivity index (χ0v) is 31.6. The third-order valence-electron chi connectivity index (χ3n) is 12.9. The van der Waals surface area contributed by atoms with E-state index >= 15 is 0 Å². The van der Waals surface area contributed by atoms with Crippen LogP contribution in [0.25, 0.3) is 131 Å². The maximum absolute atomic E-state index is 2.51. The number of hydrogen-bond acceptors (Lipinski definition) is 0. The van der Waals surface area contributed by atoms with Gasteiger partial charge in [0.2, 0.25) is 0 Å². The first-order chi connectivity index (χ1) is 28.8. The van der Waals surface area contributed by atoms with Crippen molar-refractivity contribution in [3.63, 3.8) is 0 Å². The summed E-state index contributed by atoms with van der Waals surface area (Å²) in [5.74, 6) is 0. The van der Waals surface area contributed by atoms with Gasteiger partial charge >= 0.3 is 0 Å². The summed E-state index contributed by atoms with van der Waals surface area (Å²) in [7, 11) is 0. The largest absolute Gasteiger partial charge is 0.0622 e. The molecule has 0 aliphatic heterocycles. The van der Waals surface area contributed by atoms with Crippen LogP contribution < -0.4 is 0 Å². The summed E-state index contributed by atoms with van der Waals surface area (Å²) in [6, 6.07) is 77.5. The van der Waals surface area contributed by atoms with Gasteiger partial charge in [-0.1, -0.05) is 188 Å². The highest BCUT2D eigenvalue weighted by Crippen LogP contribution is 2.50. The van der Waals surface area contributed by atoms with Crippen molar-refractivity contribution < 1.29 is 0 Å². The SMILES string of the molecule is c1ccc(-c2c(-c3ccc4ccc5cccc6ccc3c4c56)cc(-c3cc4ccccc4cc3-c3ccc4ccc5cccc6ccc3c4c56)c3ccccc23)cc1. The van der Waals surface area contributed by atoms with Gasteiger partial charge in [0.25, 0.3) is 0 Å². The van der Waals surface area contributed by atoms with Gasteiger partial charge in [0.1, 0.15) is 0 Å². The molecule has 13 aromatic carbocycles. The van der Waals surface area contributed by atoms with Crippen molar-refractivity contribution >= 4 is 86.2 Å². The fraction of sp³-hybridized carbons (Fsp3) is 0. The molecule has 0 aliphatic carbocycles. The first-order valence-corrected chi connectivity index (χ1v) is 20.2. The van der Waals surface area contributed by atoms with Crippen LogP contribution in [0.4, 0.5) is 0 Å². The molecule has 0 N–H and O–H groups in total. The molecule has 0 heteroatoms. The lowest BCUT2D eigenvalue weighted by molar-refractivity contribution is 1.61. The van der Waals surface area contributed by atoms with Gasteiger partial charge in [-0.3, -0.25) is 0 Å². The van der Waals surface area contributed by atoms with Gasteiger partial charge in [0.05, 0.1) is 0 Å². The number of hydrogen-bond donors (Lipinski definition) is 0. The van der Waals surface area contributed by atoms with E-state index in [1.54, 1.807) is 0 Å². The molecule has 0 nitrogen and oxygen atoms in total. The lowest BCUT2D eigenvalue weighted by atomic mass is 9.81. The van der Waals surface area contributed by atoms with Gasteiger partial charge in [-0.25, -0.2) is 0 Å². The Morgan fingerprint density at radius 3 is 1.17 bits per heavy atom. The minimum absolute atomic E-state index is 1.22. The maximum atomic E-state index is 2.51. The van der Waals surface area contributed by atoms with Crippen LogP contribution in [0.2, 0.25) is 0 Å². The molecule has 0 radical (unpaired) electrons. The van der Waals surface area contributed by atoms with Crippen molar-refractivity contribution in [3.05, 3.63) is 206 Å². The third kappa shape index (κ3) is 4.46. The summed E-state index contributed by atoms with van der Waals surface area (Å²) in [5.41, 5.74) is 9.96. The molecule has 266 valence electrons. The van der Waals surface area contributed by atoms with Crippen LogP contribution in [0, 0.1) is 0 Å². The smallest absolute Gasteiger partial charge is 0.00206 e. The molecule has 0 saturated heterocycles. The Bertz CT molecular complexity index is 3740. The summed E-state index contributed by atoms with van der Waals surface area (Å²) in [6.07, 6.45) is 0. The monoisotopic (exact) mass is 730 g/mol. The van der Waals surface area contributed by atoms with E-state index in [1.807, 2.05) is 0 Å². The quantitative estimate of drug-likeness (QED) is 0.158. The van der Waals surface area contributed by atoms with Crippen LogP contribution in [-0.2, 0) is 0 Å². The number of fused-ring (bicyclic) bond motifs is 2. The molecule has 0 heterocycles. The fourth-order valence-electron chi connectivity index (χ4n) is 10.4. The number of benzene rings is 13. The fourth-order valence-corrected chi connectivity index (χ4v) is 10.4. The van der Waals surface area contributed by atoms with Crippen molar-refractivity contribution in [3.8, 4) is 44.5 Å². The van der Waals surface area contributed by atoms with Gasteiger partial charge in [0.15, 0.2) is 0 Å². The molecule has 0 atom stereocenters. The van der Waals surface area contributed by atoms with E-state index in [4.69, 9.17) is 0 Å². The molecule has 0 bridgehead atoms. The van der Waals surface area contributed by atoms with Gasteiger partial charge in [-0.05, 0) is 149 Å². The van der Waals surface area contributed by atoms with E-state index in [9.17, 15) is 0 Å². The van der Waals surface area contributed by atoms with Crippen molar-refractivity contribution in [2.24, 2.45) is 0 Å². The second kappa shape index (κ2) is 12.0. The molecule has 0 spiro atoms. The average Bonchev–Trinajstić information content (AvgIpc) is 3.29. The molecule has 0 unspecified atom stereocenters. The van der Waals surface area contributed by atoms with E-state index in [0.717, 1.165) is 0 Å². The van der Waals surface area contributed by atoms with E-state index in [-0.39, 0.29) is 0 Å². The highest BCUT2D eigenvalue weighted by atomic mass is 14.3. The highest BCUT2D eigenvalue weighted by Gasteiger charge is 2.22. The summed E-state index contributed by atoms with van der Waals surface area (Å²) >= 11 is 0. The third-order valence-corrected chi connectivity index (χ3v) is 12.9. The second-order valence-electron chi connectivity index (χ2n) is 15.9. The second-order valence-corrected chi connectivity index (χ2v) is 15.9. The standard InChI is InChI=1S/C58H34/c1-2-10-35(11-3-1)56-47-19-7-6-18-44(47)52(34-53(56)46-29-25-41-23-21-37-15-9-17-39-27-31-49(46)58(41)55(37)39)51-33-43-13-5-4-12-42(43)32-50(51)45-28-24-40-22-20-36-14-8-16-38-26-30-48(45)57(40)54(36)38/h1-34H. The van der Waals surface area contributed by atoms with Gasteiger partial charge in [-0.2, -0.15) is 0 Å². The Hall–Kier alpha value is -7.54. The molecule has 0 aliphatic rings. The van der Waals surface area contributed by atoms with Gasteiger partial charge in [0, 0.05) is 0 Å². The Morgan fingerprint density at radius 2 is 0.603 bits per heavy atom. The van der Waals surface area contributed by atoms with Crippen LogP contribution in [0.3, 0.4) is 0 Å². The Kier molecular flexibility index (Phi) is 6.54. The predicted molar refractivity (Wildman–Crippen MR) is 251 cm³/mol. The van der Waals surface area contributed by atoms with E-state index in [1.165, 1.54) is 131 Å².